The maximum Gasteiger partial charge on any atom is 0.407 e. The number of ether oxygens (including phenoxy) is 1. The zero-order valence-corrected chi connectivity index (χ0v) is 13.4. The van der Waals surface area contributed by atoms with Crippen LogP contribution < -0.4 is 5.32 Å². The molecule has 5 nitrogen and oxygen atoms in total. The molecule has 3 N–H and O–H groups in total. The topological polar surface area (TPSA) is 78.8 Å². The number of hydrogen-bond acceptors (Lipinski definition) is 5. The van der Waals surface area contributed by atoms with Crippen molar-refractivity contribution >= 4 is 18.7 Å². The first kappa shape index (κ1) is 17.8. The van der Waals surface area contributed by atoms with Gasteiger partial charge in [-0.3, -0.25) is 0 Å². The van der Waals surface area contributed by atoms with Crippen molar-refractivity contribution in [3.05, 3.63) is 35.4 Å². The highest BCUT2D eigenvalue weighted by molar-refractivity contribution is 7.80. The van der Waals surface area contributed by atoms with E-state index in [1.165, 1.54) is 0 Å². The minimum absolute atomic E-state index is 0.168. The van der Waals surface area contributed by atoms with E-state index in [2.05, 4.69) is 17.9 Å². The Morgan fingerprint density at radius 1 is 1.38 bits per heavy atom. The van der Waals surface area contributed by atoms with E-state index in [9.17, 15) is 15.0 Å². The molecular formula is C15H23NO4S. The Balaban J connectivity index is 2.63. The number of rotatable bonds is 5. The van der Waals surface area contributed by atoms with Crippen molar-refractivity contribution in [2.24, 2.45) is 0 Å². The Hall–Kier alpha value is -1.24. The van der Waals surface area contributed by atoms with Crippen molar-refractivity contribution in [3.63, 3.8) is 0 Å². The summed E-state index contributed by atoms with van der Waals surface area (Å²) in [6.45, 7) is 5.67. The lowest BCUT2D eigenvalue weighted by Crippen LogP contribution is -2.32. The van der Waals surface area contributed by atoms with Crippen LogP contribution in [0, 0.1) is 0 Å². The van der Waals surface area contributed by atoms with Gasteiger partial charge in [-0.15, -0.1) is 0 Å². The van der Waals surface area contributed by atoms with E-state index in [0.29, 0.717) is 5.56 Å². The van der Waals surface area contributed by atoms with Gasteiger partial charge in [0.2, 0.25) is 0 Å². The highest BCUT2D eigenvalue weighted by atomic mass is 32.1. The van der Waals surface area contributed by atoms with Crippen LogP contribution in [0.25, 0.3) is 0 Å². The molecule has 0 spiro atoms. The molecule has 0 heterocycles. The largest absolute Gasteiger partial charge is 0.444 e. The van der Waals surface area contributed by atoms with Gasteiger partial charge in [0.15, 0.2) is 0 Å². The highest BCUT2D eigenvalue weighted by Gasteiger charge is 2.18. The number of nitrogens with one attached hydrogen (secondary N) is 1. The fourth-order valence-corrected chi connectivity index (χ4v) is 1.90. The fourth-order valence-electron chi connectivity index (χ4n) is 1.70. The Labute approximate surface area is 130 Å². The third-order valence-electron chi connectivity index (χ3n) is 2.68. The molecule has 0 aromatic heterocycles. The standard InChI is InChI=1S/C15H23NO4S/c1-15(2,3)20-14(19)16-8-10-5-4-6-11(7-10)13(18)12(17)9-21/h4-7,12-13,17-18,21H,8-9H2,1-3H3,(H,16,19). The number of hydrogen-bond donors (Lipinski definition) is 4. The quantitative estimate of drug-likeness (QED) is 0.627. The molecule has 1 aromatic carbocycles. The lowest BCUT2D eigenvalue weighted by Gasteiger charge is -2.20. The van der Waals surface area contributed by atoms with Crippen LogP contribution in [-0.4, -0.2) is 33.8 Å². The minimum atomic E-state index is -0.996. The van der Waals surface area contributed by atoms with Crippen LogP contribution in [0.4, 0.5) is 4.79 Å². The van der Waals surface area contributed by atoms with Gasteiger partial charge in [-0.25, -0.2) is 4.79 Å². The van der Waals surface area contributed by atoms with E-state index in [-0.39, 0.29) is 12.3 Å². The maximum absolute atomic E-state index is 11.6. The summed E-state index contributed by atoms with van der Waals surface area (Å²) in [6, 6.07) is 7.03. The summed E-state index contributed by atoms with van der Waals surface area (Å²) in [6.07, 6.45) is -2.42. The predicted molar refractivity (Wildman–Crippen MR) is 84.3 cm³/mol. The Bertz CT molecular complexity index is 473. The molecule has 0 radical (unpaired) electrons. The molecule has 2 unspecified atom stereocenters. The first-order valence-electron chi connectivity index (χ1n) is 6.75. The number of aliphatic hydroxyl groups is 2. The fraction of sp³-hybridized carbons (Fsp3) is 0.533. The number of alkyl carbamates (subject to hydrolysis) is 1. The van der Waals surface area contributed by atoms with E-state index in [4.69, 9.17) is 4.74 Å². The molecule has 2 atom stereocenters. The lowest BCUT2D eigenvalue weighted by molar-refractivity contribution is 0.0337. The summed E-state index contributed by atoms with van der Waals surface area (Å²) in [4.78, 5) is 11.6. The average Bonchev–Trinajstić information content (AvgIpc) is 2.42. The van der Waals surface area contributed by atoms with Crippen LogP contribution in [0.2, 0.25) is 0 Å². The summed E-state index contributed by atoms with van der Waals surface area (Å²) >= 11 is 3.96. The van der Waals surface area contributed by atoms with Crippen molar-refractivity contribution in [2.45, 2.75) is 45.1 Å². The Morgan fingerprint density at radius 2 is 2.05 bits per heavy atom. The molecule has 21 heavy (non-hydrogen) atoms. The number of carbonyl (C=O) groups excluding carboxylic acids is 1. The zero-order chi connectivity index (χ0) is 16.0. The van der Waals surface area contributed by atoms with Crippen molar-refractivity contribution in [3.8, 4) is 0 Å². The molecule has 0 fully saturated rings. The molecule has 1 amide bonds. The van der Waals surface area contributed by atoms with Crippen LogP contribution in [0.1, 0.15) is 38.0 Å². The van der Waals surface area contributed by atoms with E-state index in [1.807, 2.05) is 6.07 Å². The van der Waals surface area contributed by atoms with Gasteiger partial charge in [0, 0.05) is 12.3 Å². The summed E-state index contributed by atoms with van der Waals surface area (Å²) < 4.78 is 5.14. The molecule has 0 aliphatic heterocycles. The normalized spacial score (nSPS) is 14.4. The predicted octanol–water partition coefficient (Wildman–Crippen LogP) is 2.04. The van der Waals surface area contributed by atoms with Crippen molar-refractivity contribution < 1.29 is 19.7 Å². The molecule has 0 bridgehead atoms. The van der Waals surface area contributed by atoms with E-state index >= 15 is 0 Å². The monoisotopic (exact) mass is 313 g/mol. The van der Waals surface area contributed by atoms with Crippen molar-refractivity contribution in [1.82, 2.24) is 5.32 Å². The number of benzene rings is 1. The summed E-state index contributed by atoms with van der Waals surface area (Å²) in [7, 11) is 0. The van der Waals surface area contributed by atoms with Crippen LogP contribution >= 0.6 is 12.6 Å². The second-order valence-corrected chi connectivity index (χ2v) is 6.16. The van der Waals surface area contributed by atoms with Crippen LogP contribution in [0.15, 0.2) is 24.3 Å². The van der Waals surface area contributed by atoms with E-state index in [0.717, 1.165) is 5.56 Å². The summed E-state index contributed by atoms with van der Waals surface area (Å²) in [5.41, 5.74) is 0.850. The smallest absolute Gasteiger partial charge is 0.407 e. The summed E-state index contributed by atoms with van der Waals surface area (Å²) in [5.74, 6) is 0.168. The molecule has 118 valence electrons. The van der Waals surface area contributed by atoms with Gasteiger partial charge >= 0.3 is 6.09 Å². The molecule has 0 saturated heterocycles. The third-order valence-corrected chi connectivity index (χ3v) is 3.05. The third kappa shape index (κ3) is 6.37. The first-order valence-corrected chi connectivity index (χ1v) is 7.39. The van der Waals surface area contributed by atoms with Gasteiger partial charge < -0.3 is 20.3 Å². The number of aliphatic hydroxyl groups excluding tert-OH is 2. The van der Waals surface area contributed by atoms with Gasteiger partial charge in [-0.05, 0) is 31.9 Å². The Morgan fingerprint density at radius 3 is 2.62 bits per heavy atom. The second kappa shape index (κ2) is 7.68. The number of amides is 1. The molecule has 0 saturated carbocycles. The van der Waals surface area contributed by atoms with Crippen molar-refractivity contribution in [1.29, 1.82) is 0 Å². The first-order chi connectivity index (χ1) is 9.73. The molecule has 0 aliphatic rings. The second-order valence-electron chi connectivity index (χ2n) is 5.80. The van der Waals surface area contributed by atoms with Gasteiger partial charge in [-0.2, -0.15) is 12.6 Å². The molecule has 6 heteroatoms. The van der Waals surface area contributed by atoms with Gasteiger partial charge in [0.25, 0.3) is 0 Å². The van der Waals surface area contributed by atoms with Crippen LogP contribution in [0.3, 0.4) is 0 Å². The molecule has 1 rings (SSSR count). The summed E-state index contributed by atoms with van der Waals surface area (Å²) in [5, 5.41) is 22.2. The zero-order valence-electron chi connectivity index (χ0n) is 12.5. The van der Waals surface area contributed by atoms with Crippen molar-refractivity contribution in [2.75, 3.05) is 5.75 Å². The van der Waals surface area contributed by atoms with Crippen LogP contribution in [0.5, 0.6) is 0 Å². The van der Waals surface area contributed by atoms with E-state index in [1.54, 1.807) is 39.0 Å². The van der Waals surface area contributed by atoms with Gasteiger partial charge in [0.05, 0.1) is 6.10 Å². The Kier molecular flexibility index (Phi) is 6.51. The van der Waals surface area contributed by atoms with Crippen LogP contribution in [-0.2, 0) is 11.3 Å². The van der Waals surface area contributed by atoms with Gasteiger partial charge in [0.1, 0.15) is 11.7 Å². The maximum atomic E-state index is 11.6. The minimum Gasteiger partial charge on any atom is -0.444 e. The highest BCUT2D eigenvalue weighted by Crippen LogP contribution is 2.19. The SMILES string of the molecule is CC(C)(C)OC(=O)NCc1cccc(C(O)C(O)CS)c1. The number of carbonyl (C=O) groups is 1. The van der Waals surface area contributed by atoms with Gasteiger partial charge in [-0.1, -0.05) is 24.3 Å². The molecule has 0 aliphatic carbocycles. The number of thiol groups is 1. The molecule has 1 aromatic rings. The van der Waals surface area contributed by atoms with E-state index < -0.39 is 23.9 Å². The molecular weight excluding hydrogens is 290 g/mol. The average molecular weight is 313 g/mol. The lowest BCUT2D eigenvalue weighted by atomic mass is 10.0.